The van der Waals surface area contributed by atoms with Crippen molar-refractivity contribution in [3.05, 3.63) is 59.2 Å². The average Bonchev–Trinajstić information content (AvgIpc) is 2.87. The quantitative estimate of drug-likeness (QED) is 0.792. The summed E-state index contributed by atoms with van der Waals surface area (Å²) >= 11 is 0. The zero-order chi connectivity index (χ0) is 12.5. The molecule has 3 rings (SSSR count). The fraction of sp³-hybridized carbons (Fsp3) is 0.133. The summed E-state index contributed by atoms with van der Waals surface area (Å²) in [5, 5.41) is 12.5. The van der Waals surface area contributed by atoms with E-state index in [-0.39, 0.29) is 11.5 Å². The van der Waals surface area contributed by atoms with Gasteiger partial charge in [0.15, 0.2) is 5.78 Å². The number of rotatable bonds is 2. The smallest absolute Gasteiger partial charge is 0.195 e. The number of fused-ring (bicyclic) bond motifs is 1. The molecule has 1 heterocycles. The lowest BCUT2D eigenvalue weighted by Gasteiger charge is -2.08. The summed E-state index contributed by atoms with van der Waals surface area (Å²) in [7, 11) is 0. The fourth-order valence-corrected chi connectivity index (χ4v) is 2.30. The topological polar surface area (TPSA) is 49.3 Å². The van der Waals surface area contributed by atoms with Crippen LogP contribution < -0.4 is 5.32 Å². The van der Waals surface area contributed by atoms with E-state index in [0.29, 0.717) is 11.1 Å². The van der Waals surface area contributed by atoms with Crippen molar-refractivity contribution in [2.45, 2.75) is 6.42 Å². The van der Waals surface area contributed by atoms with E-state index in [4.69, 9.17) is 0 Å². The molecular weight excluding hydrogens is 226 g/mol. The maximum Gasteiger partial charge on any atom is 0.195 e. The molecule has 0 aliphatic carbocycles. The summed E-state index contributed by atoms with van der Waals surface area (Å²) in [5.74, 6) is 0.157. The Balaban J connectivity index is 2.03. The second kappa shape index (κ2) is 4.18. The molecule has 0 amide bonds. The van der Waals surface area contributed by atoms with E-state index in [2.05, 4.69) is 5.32 Å². The van der Waals surface area contributed by atoms with Gasteiger partial charge in [-0.15, -0.1) is 0 Å². The fourth-order valence-electron chi connectivity index (χ4n) is 2.30. The second-order valence-corrected chi connectivity index (χ2v) is 4.39. The highest BCUT2D eigenvalue weighted by molar-refractivity contribution is 6.12. The van der Waals surface area contributed by atoms with Gasteiger partial charge in [-0.1, -0.05) is 12.1 Å². The Hall–Kier alpha value is -2.29. The number of hydrogen-bond donors (Lipinski definition) is 2. The van der Waals surface area contributed by atoms with Crippen molar-refractivity contribution in [3.63, 3.8) is 0 Å². The number of phenolic OH excluding ortho intramolecular Hbond substituents is 1. The molecule has 0 spiro atoms. The van der Waals surface area contributed by atoms with Gasteiger partial charge in [0, 0.05) is 23.4 Å². The molecule has 0 aromatic heterocycles. The van der Waals surface area contributed by atoms with Crippen LogP contribution in [0, 0.1) is 0 Å². The molecule has 0 saturated heterocycles. The van der Waals surface area contributed by atoms with Gasteiger partial charge in [-0.2, -0.15) is 0 Å². The van der Waals surface area contributed by atoms with Crippen molar-refractivity contribution in [3.8, 4) is 5.75 Å². The van der Waals surface area contributed by atoms with Crippen LogP contribution in [-0.4, -0.2) is 17.4 Å². The molecule has 0 radical (unpaired) electrons. The lowest BCUT2D eigenvalue weighted by molar-refractivity contribution is 0.103. The third kappa shape index (κ3) is 1.74. The van der Waals surface area contributed by atoms with Crippen LogP contribution >= 0.6 is 0 Å². The van der Waals surface area contributed by atoms with Gasteiger partial charge in [0.1, 0.15) is 5.75 Å². The van der Waals surface area contributed by atoms with E-state index < -0.39 is 0 Å². The Morgan fingerprint density at radius 2 is 1.89 bits per heavy atom. The van der Waals surface area contributed by atoms with Gasteiger partial charge in [-0.25, -0.2) is 0 Å². The molecular formula is C15H13NO2. The van der Waals surface area contributed by atoms with Crippen LogP contribution in [0.15, 0.2) is 42.5 Å². The molecule has 2 N–H and O–H groups in total. The lowest BCUT2D eigenvalue weighted by Crippen LogP contribution is -2.05. The van der Waals surface area contributed by atoms with E-state index in [1.54, 1.807) is 12.1 Å². The van der Waals surface area contributed by atoms with Crippen molar-refractivity contribution in [2.24, 2.45) is 0 Å². The predicted molar refractivity (Wildman–Crippen MR) is 70.2 cm³/mol. The van der Waals surface area contributed by atoms with Crippen molar-refractivity contribution in [1.29, 1.82) is 0 Å². The van der Waals surface area contributed by atoms with Gasteiger partial charge in [0.05, 0.1) is 0 Å². The largest absolute Gasteiger partial charge is 0.508 e. The van der Waals surface area contributed by atoms with E-state index >= 15 is 0 Å². The molecule has 0 bridgehead atoms. The Kier molecular flexibility index (Phi) is 2.52. The molecule has 0 unspecified atom stereocenters. The molecule has 3 heteroatoms. The highest BCUT2D eigenvalue weighted by Gasteiger charge is 2.19. The zero-order valence-corrected chi connectivity index (χ0v) is 9.81. The minimum absolute atomic E-state index is 0.0127. The van der Waals surface area contributed by atoms with Crippen molar-refractivity contribution >= 4 is 11.5 Å². The summed E-state index contributed by atoms with van der Waals surface area (Å²) in [4.78, 5) is 12.4. The number of para-hydroxylation sites is 1. The molecule has 2 aromatic rings. The van der Waals surface area contributed by atoms with Gasteiger partial charge in [0.2, 0.25) is 0 Å². The number of carbonyl (C=O) groups is 1. The first kappa shape index (κ1) is 10.8. The maximum atomic E-state index is 12.4. The minimum Gasteiger partial charge on any atom is -0.508 e. The number of hydrogen-bond acceptors (Lipinski definition) is 3. The molecule has 90 valence electrons. The maximum absolute atomic E-state index is 12.4. The van der Waals surface area contributed by atoms with Crippen LogP contribution in [0.2, 0.25) is 0 Å². The third-order valence-electron chi connectivity index (χ3n) is 3.22. The number of phenols is 1. The first-order valence-corrected chi connectivity index (χ1v) is 5.95. The third-order valence-corrected chi connectivity index (χ3v) is 3.22. The number of ketones is 1. The monoisotopic (exact) mass is 239 g/mol. The van der Waals surface area contributed by atoms with Gasteiger partial charge < -0.3 is 10.4 Å². The molecule has 3 nitrogen and oxygen atoms in total. The summed E-state index contributed by atoms with van der Waals surface area (Å²) < 4.78 is 0. The molecule has 0 fully saturated rings. The first-order chi connectivity index (χ1) is 8.75. The number of aromatic hydroxyl groups is 1. The van der Waals surface area contributed by atoms with Crippen LogP contribution in [0.25, 0.3) is 0 Å². The number of nitrogens with one attached hydrogen (secondary N) is 1. The number of carbonyl (C=O) groups excluding carboxylic acids is 1. The Morgan fingerprint density at radius 1 is 1.11 bits per heavy atom. The van der Waals surface area contributed by atoms with Crippen LogP contribution in [0.5, 0.6) is 5.75 Å². The van der Waals surface area contributed by atoms with Crippen LogP contribution in [0.3, 0.4) is 0 Å². The standard InChI is InChI=1S/C15H13NO2/c17-12-6-4-11(5-7-12)15(18)13-3-1-2-10-8-9-16-14(10)13/h1-7,16-17H,8-9H2. The molecule has 1 aliphatic rings. The highest BCUT2D eigenvalue weighted by atomic mass is 16.3. The minimum atomic E-state index is -0.0127. The Labute approximate surface area is 105 Å². The van der Waals surface area contributed by atoms with Crippen molar-refractivity contribution in [2.75, 3.05) is 11.9 Å². The zero-order valence-electron chi connectivity index (χ0n) is 9.81. The van der Waals surface area contributed by atoms with Crippen LogP contribution in [0.4, 0.5) is 5.69 Å². The summed E-state index contributed by atoms with van der Waals surface area (Å²) in [5.41, 5.74) is 3.45. The van der Waals surface area contributed by atoms with E-state index in [1.807, 2.05) is 18.2 Å². The average molecular weight is 239 g/mol. The van der Waals surface area contributed by atoms with E-state index in [0.717, 1.165) is 18.7 Å². The molecule has 1 aliphatic heterocycles. The van der Waals surface area contributed by atoms with Crippen LogP contribution in [0.1, 0.15) is 21.5 Å². The normalized spacial score (nSPS) is 12.9. The molecule has 18 heavy (non-hydrogen) atoms. The van der Waals surface area contributed by atoms with Crippen molar-refractivity contribution in [1.82, 2.24) is 0 Å². The highest BCUT2D eigenvalue weighted by Crippen LogP contribution is 2.28. The van der Waals surface area contributed by atoms with Gasteiger partial charge in [0.25, 0.3) is 0 Å². The summed E-state index contributed by atoms with van der Waals surface area (Å²) in [6.45, 7) is 0.884. The van der Waals surface area contributed by atoms with Crippen LogP contribution in [-0.2, 0) is 6.42 Å². The predicted octanol–water partition coefficient (Wildman–Crippen LogP) is 2.59. The van der Waals surface area contributed by atoms with E-state index in [1.165, 1.54) is 17.7 Å². The summed E-state index contributed by atoms with van der Waals surface area (Å²) in [6, 6.07) is 12.2. The van der Waals surface area contributed by atoms with Gasteiger partial charge >= 0.3 is 0 Å². The van der Waals surface area contributed by atoms with Gasteiger partial charge in [-0.3, -0.25) is 4.79 Å². The molecule has 0 atom stereocenters. The number of anilines is 1. The van der Waals surface area contributed by atoms with Gasteiger partial charge in [-0.05, 0) is 42.3 Å². The Bertz CT molecular complexity index is 602. The summed E-state index contributed by atoms with van der Waals surface area (Å²) in [6.07, 6.45) is 0.964. The first-order valence-electron chi connectivity index (χ1n) is 5.95. The molecule has 0 saturated carbocycles. The van der Waals surface area contributed by atoms with E-state index in [9.17, 15) is 9.90 Å². The second-order valence-electron chi connectivity index (χ2n) is 4.39. The molecule has 2 aromatic carbocycles. The Morgan fingerprint density at radius 3 is 2.67 bits per heavy atom. The number of benzene rings is 2. The SMILES string of the molecule is O=C(c1ccc(O)cc1)c1cccc2c1NCC2. The lowest BCUT2D eigenvalue weighted by atomic mass is 9.99. The van der Waals surface area contributed by atoms with Crippen molar-refractivity contribution < 1.29 is 9.90 Å².